The summed E-state index contributed by atoms with van der Waals surface area (Å²) in [6.07, 6.45) is 0. The van der Waals surface area contributed by atoms with Crippen molar-refractivity contribution < 1.29 is 9.59 Å². The number of benzene rings is 2. The monoisotopic (exact) mass is 388 g/mol. The van der Waals surface area contributed by atoms with E-state index in [0.29, 0.717) is 10.6 Å². The molecule has 0 aliphatic carbocycles. The first-order valence-electron chi connectivity index (χ1n) is 7.67. The van der Waals surface area contributed by atoms with Crippen LogP contribution in [0.4, 0.5) is 0 Å². The fourth-order valence-electron chi connectivity index (χ4n) is 2.15. The summed E-state index contributed by atoms with van der Waals surface area (Å²) in [6, 6.07) is 16.1. The molecular weight excluding hydrogens is 372 g/mol. The molecule has 6 nitrogen and oxygen atoms in total. The van der Waals surface area contributed by atoms with Crippen LogP contribution in [0.1, 0.15) is 11.1 Å². The number of amides is 2. The highest BCUT2D eigenvalue weighted by atomic mass is 35.5. The van der Waals surface area contributed by atoms with Crippen LogP contribution < -0.4 is 11.3 Å². The number of hydrogen-bond acceptors (Lipinski definition) is 5. The normalized spacial score (nSPS) is 10.0. The lowest BCUT2D eigenvalue weighted by atomic mass is 10.1. The summed E-state index contributed by atoms with van der Waals surface area (Å²) in [7, 11) is 0. The van der Waals surface area contributed by atoms with Gasteiger partial charge in [0.15, 0.2) is 0 Å². The van der Waals surface area contributed by atoms with Gasteiger partial charge in [-0.15, -0.1) is 11.8 Å². The van der Waals surface area contributed by atoms with Crippen LogP contribution in [-0.4, -0.2) is 29.0 Å². The van der Waals surface area contributed by atoms with E-state index >= 15 is 0 Å². The molecule has 8 heteroatoms. The highest BCUT2D eigenvalue weighted by molar-refractivity contribution is 8.00. The summed E-state index contributed by atoms with van der Waals surface area (Å²) in [4.78, 5) is 26.4. The van der Waals surface area contributed by atoms with Gasteiger partial charge in [-0.2, -0.15) is 5.26 Å². The van der Waals surface area contributed by atoms with E-state index < -0.39 is 5.91 Å². The average molecular weight is 389 g/mol. The van der Waals surface area contributed by atoms with Gasteiger partial charge in [-0.3, -0.25) is 15.0 Å². The number of rotatable bonds is 7. The van der Waals surface area contributed by atoms with Crippen LogP contribution in [0.25, 0.3) is 0 Å². The number of hydrogen-bond donors (Lipinski definition) is 2. The van der Waals surface area contributed by atoms with Crippen LogP contribution in [0.2, 0.25) is 5.02 Å². The number of nitrogens with two attached hydrogens (primary N) is 1. The lowest BCUT2D eigenvalue weighted by Gasteiger charge is -2.22. The first-order valence-corrected chi connectivity index (χ1v) is 9.03. The summed E-state index contributed by atoms with van der Waals surface area (Å²) in [6.45, 7) is 0.0828. The molecule has 2 amide bonds. The van der Waals surface area contributed by atoms with E-state index in [1.54, 1.807) is 30.3 Å². The van der Waals surface area contributed by atoms with E-state index in [1.807, 2.05) is 29.7 Å². The van der Waals surface area contributed by atoms with Gasteiger partial charge < -0.3 is 4.90 Å². The molecule has 0 spiro atoms. The second-order valence-corrected chi connectivity index (χ2v) is 6.77. The topological polar surface area (TPSA) is 99.2 Å². The van der Waals surface area contributed by atoms with Gasteiger partial charge in [0.05, 0.1) is 22.4 Å². The Kier molecular flexibility index (Phi) is 7.48. The Morgan fingerprint density at radius 1 is 1.19 bits per heavy atom. The van der Waals surface area contributed by atoms with Gasteiger partial charge in [-0.1, -0.05) is 35.9 Å². The molecule has 2 aromatic rings. The van der Waals surface area contributed by atoms with E-state index in [9.17, 15) is 9.59 Å². The van der Waals surface area contributed by atoms with Crippen molar-refractivity contribution in [3.05, 3.63) is 64.7 Å². The molecule has 0 radical (unpaired) electrons. The molecule has 0 aliphatic heterocycles. The Balaban J connectivity index is 2.07. The zero-order chi connectivity index (χ0) is 18.9. The maximum atomic E-state index is 12.6. The van der Waals surface area contributed by atoms with Crippen molar-refractivity contribution in [3.8, 4) is 6.07 Å². The Labute approximate surface area is 160 Å². The molecule has 0 bridgehead atoms. The number of nitrogens with zero attached hydrogens (tertiary/aromatic N) is 2. The molecule has 26 heavy (non-hydrogen) atoms. The first kappa shape index (κ1) is 19.8. The van der Waals surface area contributed by atoms with E-state index in [1.165, 1.54) is 16.7 Å². The Morgan fingerprint density at radius 3 is 2.50 bits per heavy atom. The summed E-state index contributed by atoms with van der Waals surface area (Å²) in [5.74, 6) is 4.59. The zero-order valence-electron chi connectivity index (χ0n) is 13.8. The highest BCUT2D eigenvalue weighted by Gasteiger charge is 2.18. The zero-order valence-corrected chi connectivity index (χ0v) is 15.4. The van der Waals surface area contributed by atoms with Crippen molar-refractivity contribution in [2.45, 2.75) is 11.4 Å². The van der Waals surface area contributed by atoms with Gasteiger partial charge in [-0.25, -0.2) is 5.84 Å². The van der Waals surface area contributed by atoms with Crippen molar-refractivity contribution in [3.63, 3.8) is 0 Å². The second-order valence-electron chi connectivity index (χ2n) is 5.35. The van der Waals surface area contributed by atoms with Gasteiger partial charge in [0, 0.05) is 11.4 Å². The van der Waals surface area contributed by atoms with Crippen LogP contribution >= 0.6 is 23.4 Å². The Bertz CT molecular complexity index is 821. The van der Waals surface area contributed by atoms with E-state index in [-0.39, 0.29) is 24.7 Å². The number of nitriles is 1. The molecule has 0 fully saturated rings. The van der Waals surface area contributed by atoms with Crippen LogP contribution in [-0.2, 0) is 16.1 Å². The lowest BCUT2D eigenvalue weighted by molar-refractivity contribution is -0.134. The van der Waals surface area contributed by atoms with E-state index in [2.05, 4.69) is 0 Å². The number of hydrazine groups is 1. The standard InChI is InChI=1S/C18H17ClN4O2S/c19-15-3-1-2-4-16(15)26-12-18(25)23(11-17(24)22-21)10-14-7-5-13(9-20)6-8-14/h1-8H,10-12,21H2,(H,22,24). The predicted molar refractivity (Wildman–Crippen MR) is 101 cm³/mol. The van der Waals surface area contributed by atoms with Crippen LogP contribution in [0.5, 0.6) is 0 Å². The van der Waals surface area contributed by atoms with Crippen molar-refractivity contribution in [2.75, 3.05) is 12.3 Å². The van der Waals surface area contributed by atoms with Crippen LogP contribution in [0.15, 0.2) is 53.4 Å². The number of halogens is 1. The van der Waals surface area contributed by atoms with Crippen molar-refractivity contribution in [1.82, 2.24) is 10.3 Å². The van der Waals surface area contributed by atoms with Crippen molar-refractivity contribution in [2.24, 2.45) is 5.84 Å². The fourth-order valence-corrected chi connectivity index (χ4v) is 3.29. The van der Waals surface area contributed by atoms with Crippen LogP contribution in [0.3, 0.4) is 0 Å². The average Bonchev–Trinajstić information content (AvgIpc) is 2.67. The SMILES string of the molecule is N#Cc1ccc(CN(CC(=O)NN)C(=O)CSc2ccccc2Cl)cc1. The number of carbonyl (C=O) groups is 2. The molecule has 0 heterocycles. The maximum absolute atomic E-state index is 12.6. The fraction of sp³-hybridized carbons (Fsp3) is 0.167. The number of thioether (sulfide) groups is 1. The summed E-state index contributed by atoms with van der Waals surface area (Å²) in [5.41, 5.74) is 3.37. The maximum Gasteiger partial charge on any atom is 0.253 e. The molecule has 2 rings (SSSR count). The molecule has 0 aromatic heterocycles. The molecule has 3 N–H and O–H groups in total. The van der Waals surface area contributed by atoms with Gasteiger partial charge in [0.2, 0.25) is 5.91 Å². The summed E-state index contributed by atoms with van der Waals surface area (Å²) < 4.78 is 0. The molecule has 0 saturated heterocycles. The Hall–Kier alpha value is -2.53. The van der Waals surface area contributed by atoms with Gasteiger partial charge >= 0.3 is 0 Å². The number of nitrogens with one attached hydrogen (secondary N) is 1. The number of carbonyl (C=O) groups excluding carboxylic acids is 2. The predicted octanol–water partition coefficient (Wildman–Crippen LogP) is 2.32. The molecule has 0 unspecified atom stereocenters. The quantitative estimate of drug-likeness (QED) is 0.328. The molecule has 0 aliphatic rings. The largest absolute Gasteiger partial charge is 0.328 e. The van der Waals surface area contributed by atoms with Gasteiger partial charge in [0.1, 0.15) is 6.54 Å². The van der Waals surface area contributed by atoms with Crippen molar-refractivity contribution in [1.29, 1.82) is 5.26 Å². The lowest BCUT2D eigenvalue weighted by Crippen LogP contribution is -2.43. The van der Waals surface area contributed by atoms with Crippen LogP contribution in [0, 0.1) is 11.3 Å². The van der Waals surface area contributed by atoms with E-state index in [4.69, 9.17) is 22.7 Å². The third-order valence-corrected chi connectivity index (χ3v) is 4.99. The smallest absolute Gasteiger partial charge is 0.253 e. The van der Waals surface area contributed by atoms with Gasteiger partial charge in [0.25, 0.3) is 5.91 Å². The minimum atomic E-state index is -0.463. The molecule has 134 valence electrons. The molecule has 0 saturated carbocycles. The molecular formula is C18H17ClN4O2S. The summed E-state index contributed by atoms with van der Waals surface area (Å²) >= 11 is 7.41. The van der Waals surface area contributed by atoms with E-state index in [0.717, 1.165) is 10.5 Å². The minimum absolute atomic E-state index is 0.137. The highest BCUT2D eigenvalue weighted by Crippen LogP contribution is 2.26. The third-order valence-electron chi connectivity index (χ3n) is 3.49. The summed E-state index contributed by atoms with van der Waals surface area (Å²) in [5, 5.41) is 9.43. The first-order chi connectivity index (χ1) is 12.5. The third kappa shape index (κ3) is 5.77. The Morgan fingerprint density at radius 2 is 1.88 bits per heavy atom. The molecule has 2 aromatic carbocycles. The van der Waals surface area contributed by atoms with Gasteiger partial charge in [-0.05, 0) is 29.8 Å². The second kappa shape index (κ2) is 9.82. The minimum Gasteiger partial charge on any atom is -0.328 e. The van der Waals surface area contributed by atoms with Crippen molar-refractivity contribution >= 4 is 35.2 Å². The molecule has 0 atom stereocenters.